The number of carbonyl (C=O) groups is 2. The lowest BCUT2D eigenvalue weighted by molar-refractivity contribution is -0.157. The molecule has 0 saturated carbocycles. The second kappa shape index (κ2) is 4.43. The predicted molar refractivity (Wildman–Crippen MR) is 68.3 cm³/mol. The summed E-state index contributed by atoms with van der Waals surface area (Å²) in [5.74, 6) is -0.912. The van der Waals surface area contributed by atoms with E-state index in [-0.39, 0.29) is 5.70 Å². The number of alkyl halides is 1. The van der Waals surface area contributed by atoms with Crippen molar-refractivity contribution in [2.45, 2.75) is 37.3 Å². The van der Waals surface area contributed by atoms with E-state index in [0.29, 0.717) is 11.3 Å². The zero-order valence-electron chi connectivity index (χ0n) is 10.0. The van der Waals surface area contributed by atoms with E-state index in [1.807, 2.05) is 6.92 Å². The molecule has 3 atom stereocenters. The Balaban J connectivity index is 2.35. The van der Waals surface area contributed by atoms with E-state index < -0.39 is 28.9 Å². The van der Waals surface area contributed by atoms with Gasteiger partial charge in [-0.3, -0.25) is 9.69 Å². The van der Waals surface area contributed by atoms with Gasteiger partial charge in [-0.05, 0) is 12.7 Å². The smallest absolute Gasteiger partial charge is 0.353 e. The summed E-state index contributed by atoms with van der Waals surface area (Å²) in [7, 11) is 0. The van der Waals surface area contributed by atoms with Gasteiger partial charge in [0.1, 0.15) is 5.70 Å². The number of β-lactam (4-membered cyclic amide) rings is 1. The van der Waals surface area contributed by atoms with Gasteiger partial charge in [0.15, 0.2) is 4.87 Å². The summed E-state index contributed by atoms with van der Waals surface area (Å²) in [6.45, 7) is 3.37. The average Bonchev–Trinajstić information content (AvgIpc) is 2.65. The molecule has 2 aliphatic rings. The van der Waals surface area contributed by atoms with Crippen LogP contribution in [0.4, 0.5) is 0 Å². The molecule has 1 saturated heterocycles. The molecule has 7 heteroatoms. The fraction of sp³-hybridized carbons (Fsp3) is 0.636. The topological polar surface area (TPSA) is 77.8 Å². The van der Waals surface area contributed by atoms with Crippen LogP contribution < -0.4 is 0 Å². The zero-order chi connectivity index (χ0) is 13.7. The van der Waals surface area contributed by atoms with Gasteiger partial charge in [0.25, 0.3) is 5.91 Å². The van der Waals surface area contributed by atoms with Crippen LogP contribution in [0.5, 0.6) is 0 Å². The normalized spacial score (nSPS) is 32.3. The summed E-state index contributed by atoms with van der Waals surface area (Å²) in [5, 5.41) is 18.8. The van der Waals surface area contributed by atoms with E-state index in [9.17, 15) is 19.8 Å². The minimum Gasteiger partial charge on any atom is -0.477 e. The van der Waals surface area contributed by atoms with Crippen molar-refractivity contribution in [3.8, 4) is 0 Å². The van der Waals surface area contributed by atoms with Gasteiger partial charge in [-0.25, -0.2) is 4.79 Å². The number of carboxylic acids is 1. The Kier molecular flexibility index (Phi) is 3.38. The van der Waals surface area contributed by atoms with Crippen LogP contribution in [-0.2, 0) is 9.59 Å². The highest BCUT2D eigenvalue weighted by Crippen LogP contribution is 2.52. The summed E-state index contributed by atoms with van der Waals surface area (Å²) in [6, 6.07) is -0.452. The van der Waals surface area contributed by atoms with E-state index in [1.165, 1.54) is 23.6 Å². The highest BCUT2D eigenvalue weighted by Gasteiger charge is 2.67. The van der Waals surface area contributed by atoms with Gasteiger partial charge < -0.3 is 10.2 Å². The summed E-state index contributed by atoms with van der Waals surface area (Å²) in [5.41, 5.74) is 0.0220. The number of aliphatic carboxylic acids is 1. The van der Waals surface area contributed by atoms with E-state index in [4.69, 9.17) is 11.6 Å². The Hall–Kier alpha value is -0.720. The maximum atomic E-state index is 12.0. The molecule has 0 aromatic heterocycles. The Bertz CT molecular complexity index is 450. The molecule has 1 fully saturated rings. The molecule has 0 radical (unpaired) electrons. The van der Waals surface area contributed by atoms with Gasteiger partial charge in [0.05, 0.1) is 12.1 Å². The van der Waals surface area contributed by atoms with E-state index in [1.54, 1.807) is 0 Å². The Morgan fingerprint density at radius 1 is 1.72 bits per heavy atom. The lowest BCUT2D eigenvalue weighted by atomic mass is 9.82. The number of fused-ring (bicyclic) bond motifs is 1. The maximum Gasteiger partial charge on any atom is 0.353 e. The van der Waals surface area contributed by atoms with Crippen molar-refractivity contribution in [1.29, 1.82) is 0 Å². The Labute approximate surface area is 114 Å². The molecule has 2 N–H and O–H groups in total. The fourth-order valence-corrected chi connectivity index (χ4v) is 3.69. The number of carbonyl (C=O) groups excluding carboxylic acids is 1. The number of aliphatic hydroxyl groups excluding tert-OH is 1. The number of rotatable bonds is 4. The second-order valence-electron chi connectivity index (χ2n) is 4.35. The number of amides is 1. The largest absolute Gasteiger partial charge is 0.477 e. The summed E-state index contributed by atoms with van der Waals surface area (Å²) >= 11 is 7.56. The first-order valence-electron chi connectivity index (χ1n) is 5.65. The van der Waals surface area contributed by atoms with Crippen molar-refractivity contribution in [2.75, 3.05) is 5.75 Å². The first kappa shape index (κ1) is 13.7. The number of carboxylic acid groups (broad SMARTS) is 1. The molecule has 0 bridgehead atoms. The first-order valence-corrected chi connectivity index (χ1v) is 7.01. The van der Waals surface area contributed by atoms with Crippen molar-refractivity contribution in [3.05, 3.63) is 10.6 Å². The monoisotopic (exact) mass is 291 g/mol. The van der Waals surface area contributed by atoms with Gasteiger partial charge in [0, 0.05) is 11.3 Å². The fourth-order valence-electron chi connectivity index (χ4n) is 2.48. The van der Waals surface area contributed by atoms with Crippen LogP contribution in [0.2, 0.25) is 0 Å². The lowest BCUT2D eigenvalue weighted by Crippen LogP contribution is -2.73. The molecule has 0 aliphatic carbocycles. The van der Waals surface area contributed by atoms with Crippen LogP contribution in [-0.4, -0.2) is 49.8 Å². The Morgan fingerprint density at radius 3 is 2.78 bits per heavy atom. The highest BCUT2D eigenvalue weighted by molar-refractivity contribution is 8.03. The molecule has 5 nitrogen and oxygen atoms in total. The molecule has 0 spiro atoms. The maximum absolute atomic E-state index is 12.0. The van der Waals surface area contributed by atoms with Crippen LogP contribution >= 0.6 is 23.4 Å². The molecular formula is C11H14ClNO4S. The number of aliphatic hydroxyl groups is 1. The molecule has 100 valence electrons. The van der Waals surface area contributed by atoms with Crippen molar-refractivity contribution in [3.63, 3.8) is 0 Å². The van der Waals surface area contributed by atoms with Gasteiger partial charge in [0.2, 0.25) is 0 Å². The van der Waals surface area contributed by atoms with Gasteiger partial charge in [-0.1, -0.05) is 6.92 Å². The van der Waals surface area contributed by atoms with E-state index in [2.05, 4.69) is 0 Å². The average molecular weight is 292 g/mol. The van der Waals surface area contributed by atoms with Crippen molar-refractivity contribution < 1.29 is 19.8 Å². The first-order chi connectivity index (χ1) is 8.35. The second-order valence-corrected chi connectivity index (χ2v) is 6.33. The number of halogens is 1. The highest BCUT2D eigenvalue weighted by atomic mass is 35.5. The van der Waals surface area contributed by atoms with Crippen molar-refractivity contribution in [2.24, 2.45) is 0 Å². The molecule has 0 aromatic carbocycles. The zero-order valence-corrected chi connectivity index (χ0v) is 11.6. The third kappa shape index (κ3) is 1.59. The van der Waals surface area contributed by atoms with Crippen LogP contribution in [0, 0.1) is 0 Å². The molecule has 2 aliphatic heterocycles. The molecule has 2 rings (SSSR count). The number of nitrogens with zero attached hydrogens (tertiary/aromatic N) is 1. The summed E-state index contributed by atoms with van der Waals surface area (Å²) < 4.78 is 0. The number of hydrogen-bond donors (Lipinski definition) is 2. The Morgan fingerprint density at radius 2 is 2.33 bits per heavy atom. The quantitative estimate of drug-likeness (QED) is 0.597. The molecule has 0 aromatic rings. The SMILES string of the molecule is CCSC1=C(C(=O)O)N2C(=O)C(Cl)(C(C)O)[C@@H]2C1. The standard InChI is InChI=1S/C11H14ClNO4S/c1-3-18-6-4-7-11(12,5(2)14)10(17)13(7)8(6)9(15)16/h5,7,14H,3-4H2,1-2H3,(H,15,16)/t5?,7-,11?/m0/s1. The number of hydrogen-bond acceptors (Lipinski definition) is 4. The van der Waals surface area contributed by atoms with Crippen LogP contribution in [0.3, 0.4) is 0 Å². The molecular weight excluding hydrogens is 278 g/mol. The lowest BCUT2D eigenvalue weighted by Gasteiger charge is -2.50. The minimum atomic E-state index is -1.38. The van der Waals surface area contributed by atoms with Gasteiger partial charge >= 0.3 is 5.97 Å². The van der Waals surface area contributed by atoms with E-state index in [0.717, 1.165) is 5.75 Å². The van der Waals surface area contributed by atoms with Crippen molar-refractivity contribution >= 4 is 35.2 Å². The van der Waals surface area contributed by atoms with Crippen molar-refractivity contribution in [1.82, 2.24) is 4.90 Å². The molecule has 18 heavy (non-hydrogen) atoms. The predicted octanol–water partition coefficient (Wildman–Crippen LogP) is 1.01. The molecule has 1 amide bonds. The minimum absolute atomic E-state index is 0.0220. The molecule has 2 heterocycles. The third-order valence-corrected chi connectivity index (χ3v) is 5.08. The van der Waals surface area contributed by atoms with Crippen LogP contribution in [0.15, 0.2) is 10.6 Å². The third-order valence-electron chi connectivity index (χ3n) is 3.36. The van der Waals surface area contributed by atoms with Crippen LogP contribution in [0.1, 0.15) is 20.3 Å². The van der Waals surface area contributed by atoms with Gasteiger partial charge in [-0.15, -0.1) is 23.4 Å². The summed E-state index contributed by atoms with van der Waals surface area (Å²) in [4.78, 5) is 23.7. The van der Waals surface area contributed by atoms with Gasteiger partial charge in [-0.2, -0.15) is 0 Å². The number of thioether (sulfide) groups is 1. The molecule has 2 unspecified atom stereocenters. The van der Waals surface area contributed by atoms with Crippen LogP contribution in [0.25, 0.3) is 0 Å². The summed E-state index contributed by atoms with van der Waals surface area (Å²) in [6.07, 6.45) is -0.603. The van der Waals surface area contributed by atoms with E-state index >= 15 is 0 Å².